The Bertz CT molecular complexity index is 830. The number of carbonyl (C=O) groups is 4. The van der Waals surface area contributed by atoms with Gasteiger partial charge in [0.15, 0.2) is 6.04 Å². The number of allylic oxidation sites excluding steroid dienone is 4. The van der Waals surface area contributed by atoms with Crippen molar-refractivity contribution in [1.82, 2.24) is 4.90 Å². The smallest absolute Gasteiger partial charge is 0.340 e. The number of ether oxygens (including phenoxy) is 4. The van der Waals surface area contributed by atoms with Crippen LogP contribution in [0.4, 0.5) is 0 Å². The van der Waals surface area contributed by atoms with Gasteiger partial charge >= 0.3 is 23.9 Å². The summed E-state index contributed by atoms with van der Waals surface area (Å²) in [7, 11) is 4.46. The first-order chi connectivity index (χ1) is 12.8. The zero-order valence-corrected chi connectivity index (χ0v) is 15.5. The maximum Gasteiger partial charge on any atom is 0.340 e. The lowest BCUT2D eigenvalue weighted by Crippen LogP contribution is -2.49. The summed E-state index contributed by atoms with van der Waals surface area (Å²) in [6.07, 6.45) is 4.83. The minimum absolute atomic E-state index is 0.199. The number of fused-ring (bicyclic) bond motifs is 1. The predicted octanol–water partition coefficient (Wildman–Crippen LogP) is 0.387. The van der Waals surface area contributed by atoms with Crippen molar-refractivity contribution >= 4 is 23.9 Å². The second-order valence-electron chi connectivity index (χ2n) is 5.49. The third kappa shape index (κ3) is 3.23. The number of methoxy groups -OCH3 is 4. The fourth-order valence-corrected chi connectivity index (χ4v) is 2.99. The molecule has 0 aromatic rings. The molecule has 9 heteroatoms. The van der Waals surface area contributed by atoms with Gasteiger partial charge in [0.1, 0.15) is 0 Å². The van der Waals surface area contributed by atoms with Crippen molar-refractivity contribution in [3.05, 3.63) is 46.3 Å². The molecule has 0 aromatic carbocycles. The van der Waals surface area contributed by atoms with E-state index in [-0.39, 0.29) is 16.8 Å². The summed E-state index contributed by atoms with van der Waals surface area (Å²) in [5, 5.41) is 0. The molecule has 27 heavy (non-hydrogen) atoms. The second-order valence-corrected chi connectivity index (χ2v) is 5.49. The summed E-state index contributed by atoms with van der Waals surface area (Å²) in [6, 6.07) is -1.35. The lowest BCUT2D eigenvalue weighted by molar-refractivity contribution is -0.148. The Morgan fingerprint density at radius 3 is 1.93 bits per heavy atom. The molecule has 0 N–H and O–H groups in total. The van der Waals surface area contributed by atoms with Crippen LogP contribution in [0.25, 0.3) is 0 Å². The zero-order valence-electron chi connectivity index (χ0n) is 15.5. The summed E-state index contributed by atoms with van der Waals surface area (Å²) in [5.41, 5.74) is -0.255. The summed E-state index contributed by atoms with van der Waals surface area (Å²) >= 11 is 0. The molecule has 0 saturated carbocycles. The minimum atomic E-state index is -1.35. The molecule has 1 atom stereocenters. The Hall–Kier alpha value is -3.36. The molecule has 0 amide bonds. The van der Waals surface area contributed by atoms with Gasteiger partial charge in [-0.2, -0.15) is 0 Å². The second kappa shape index (κ2) is 7.90. The van der Waals surface area contributed by atoms with E-state index in [1.165, 1.54) is 11.0 Å². The highest BCUT2D eigenvalue weighted by atomic mass is 16.5. The van der Waals surface area contributed by atoms with Crippen molar-refractivity contribution in [2.75, 3.05) is 28.4 Å². The van der Waals surface area contributed by atoms with E-state index in [0.29, 0.717) is 5.70 Å². The molecule has 0 fully saturated rings. The molecule has 144 valence electrons. The number of hydrogen-bond donors (Lipinski definition) is 0. The lowest BCUT2D eigenvalue weighted by Gasteiger charge is -2.40. The zero-order chi connectivity index (χ0) is 20.3. The number of carbonyl (C=O) groups excluding carboxylic acids is 4. The maximum absolute atomic E-state index is 12.6. The molecular weight excluding hydrogens is 358 g/mol. The average molecular weight is 377 g/mol. The Kier molecular flexibility index (Phi) is 5.84. The molecule has 0 radical (unpaired) electrons. The van der Waals surface area contributed by atoms with Gasteiger partial charge in [0.2, 0.25) is 0 Å². The summed E-state index contributed by atoms with van der Waals surface area (Å²) in [6.45, 7) is 1.67. The van der Waals surface area contributed by atoms with E-state index in [9.17, 15) is 19.2 Å². The Labute approximate surface area is 155 Å². The molecule has 2 heterocycles. The Morgan fingerprint density at radius 1 is 0.852 bits per heavy atom. The molecule has 0 aromatic heterocycles. The van der Waals surface area contributed by atoms with Crippen LogP contribution in [0.2, 0.25) is 0 Å². The van der Waals surface area contributed by atoms with E-state index in [1.54, 1.807) is 19.1 Å². The highest BCUT2D eigenvalue weighted by molar-refractivity contribution is 6.15. The van der Waals surface area contributed by atoms with Gasteiger partial charge in [-0.05, 0) is 19.1 Å². The fourth-order valence-electron chi connectivity index (χ4n) is 2.99. The van der Waals surface area contributed by atoms with Crippen LogP contribution in [0, 0.1) is 0 Å². The predicted molar refractivity (Wildman–Crippen MR) is 90.6 cm³/mol. The van der Waals surface area contributed by atoms with E-state index in [0.717, 1.165) is 28.4 Å². The van der Waals surface area contributed by atoms with Gasteiger partial charge in [0.25, 0.3) is 0 Å². The average Bonchev–Trinajstić information content (AvgIpc) is 2.69. The first kappa shape index (κ1) is 20.0. The van der Waals surface area contributed by atoms with Gasteiger partial charge < -0.3 is 23.8 Å². The monoisotopic (exact) mass is 377 g/mol. The normalized spacial score (nSPS) is 18.5. The first-order valence-electron chi connectivity index (χ1n) is 7.79. The molecule has 1 unspecified atom stereocenters. The summed E-state index contributed by atoms with van der Waals surface area (Å²) < 4.78 is 19.1. The van der Waals surface area contributed by atoms with Crippen molar-refractivity contribution < 1.29 is 38.1 Å². The van der Waals surface area contributed by atoms with E-state index < -0.39 is 35.5 Å². The largest absolute Gasteiger partial charge is 0.467 e. The SMILES string of the molecule is COC(=O)C1=C(C(=O)OC)C(C(=O)OC)N2C(C)=CC=CC2=C1C(=O)OC. The molecule has 0 spiro atoms. The maximum atomic E-state index is 12.6. The summed E-state index contributed by atoms with van der Waals surface area (Å²) in [5.74, 6) is -3.66. The van der Waals surface area contributed by atoms with Crippen LogP contribution in [0.1, 0.15) is 6.92 Å². The van der Waals surface area contributed by atoms with Crippen molar-refractivity contribution in [2.45, 2.75) is 13.0 Å². The van der Waals surface area contributed by atoms with E-state index >= 15 is 0 Å². The van der Waals surface area contributed by atoms with Crippen molar-refractivity contribution in [2.24, 2.45) is 0 Å². The lowest BCUT2D eigenvalue weighted by atomic mass is 9.86. The summed E-state index contributed by atoms with van der Waals surface area (Å²) in [4.78, 5) is 51.5. The van der Waals surface area contributed by atoms with Gasteiger partial charge in [0.05, 0.1) is 50.9 Å². The third-order valence-electron chi connectivity index (χ3n) is 4.15. The van der Waals surface area contributed by atoms with Gasteiger partial charge in [-0.15, -0.1) is 0 Å². The van der Waals surface area contributed by atoms with E-state index in [1.807, 2.05) is 0 Å². The molecule has 2 aliphatic rings. The van der Waals surface area contributed by atoms with Gasteiger partial charge in [-0.1, -0.05) is 6.08 Å². The Morgan fingerprint density at radius 2 is 1.41 bits per heavy atom. The molecular formula is C18H19NO8. The third-order valence-corrected chi connectivity index (χ3v) is 4.15. The van der Waals surface area contributed by atoms with Crippen LogP contribution < -0.4 is 0 Å². The van der Waals surface area contributed by atoms with Crippen LogP contribution in [0.15, 0.2) is 46.3 Å². The standard InChI is InChI=1S/C18H19NO8/c1-9-7-6-8-10-11(15(20)24-2)12(16(21)25-3)13(17(22)26-4)14(19(9)10)18(23)27-5/h6-8,14H,1-5H3. The number of hydrogen-bond acceptors (Lipinski definition) is 9. The van der Waals surface area contributed by atoms with Crippen LogP contribution >= 0.6 is 0 Å². The van der Waals surface area contributed by atoms with Crippen molar-refractivity contribution in [1.29, 1.82) is 0 Å². The van der Waals surface area contributed by atoms with E-state index in [4.69, 9.17) is 18.9 Å². The highest BCUT2D eigenvalue weighted by Gasteiger charge is 2.48. The van der Waals surface area contributed by atoms with Gasteiger partial charge in [-0.3, -0.25) is 0 Å². The minimum Gasteiger partial charge on any atom is -0.467 e. The van der Waals surface area contributed by atoms with Crippen LogP contribution in [-0.4, -0.2) is 63.3 Å². The molecule has 2 aliphatic heterocycles. The quantitative estimate of drug-likeness (QED) is 0.507. The van der Waals surface area contributed by atoms with Gasteiger partial charge in [-0.25, -0.2) is 19.2 Å². The van der Waals surface area contributed by atoms with E-state index in [2.05, 4.69) is 0 Å². The van der Waals surface area contributed by atoms with Crippen LogP contribution in [0.3, 0.4) is 0 Å². The van der Waals surface area contributed by atoms with Crippen LogP contribution in [0.5, 0.6) is 0 Å². The molecule has 9 nitrogen and oxygen atoms in total. The van der Waals surface area contributed by atoms with Gasteiger partial charge in [0, 0.05) is 5.70 Å². The van der Waals surface area contributed by atoms with Crippen molar-refractivity contribution in [3.63, 3.8) is 0 Å². The molecule has 0 saturated heterocycles. The first-order valence-corrected chi connectivity index (χ1v) is 7.79. The Balaban J connectivity index is 2.97. The highest BCUT2D eigenvalue weighted by Crippen LogP contribution is 2.39. The topological polar surface area (TPSA) is 108 Å². The van der Waals surface area contributed by atoms with Crippen LogP contribution in [-0.2, 0) is 38.1 Å². The fraction of sp³-hybridized carbons (Fsp3) is 0.333. The van der Waals surface area contributed by atoms with Crippen molar-refractivity contribution in [3.8, 4) is 0 Å². The molecule has 0 bridgehead atoms. The molecule has 0 aliphatic carbocycles. The number of esters is 4. The number of nitrogens with zero attached hydrogens (tertiary/aromatic N) is 1. The number of rotatable bonds is 4. The molecule has 2 rings (SSSR count).